The van der Waals surface area contributed by atoms with Crippen molar-refractivity contribution >= 4 is 38.6 Å². The number of thioether (sulfide) groups is 1. The molecule has 1 fully saturated rings. The highest BCUT2D eigenvalue weighted by atomic mass is 79.9. The van der Waals surface area contributed by atoms with E-state index >= 15 is 0 Å². The molecule has 2 nitrogen and oxygen atoms in total. The normalized spacial score (nSPS) is 24.3. The Morgan fingerprint density at radius 1 is 1.39 bits per heavy atom. The van der Waals surface area contributed by atoms with Crippen LogP contribution in [-0.2, 0) is 0 Å². The summed E-state index contributed by atoms with van der Waals surface area (Å²) in [5.74, 6) is 1.21. The van der Waals surface area contributed by atoms with Crippen LogP contribution in [0.25, 0.3) is 10.9 Å². The van der Waals surface area contributed by atoms with Crippen molar-refractivity contribution in [2.45, 2.75) is 24.8 Å². The molecule has 0 saturated carbocycles. The lowest BCUT2D eigenvalue weighted by Gasteiger charge is -2.29. The van der Waals surface area contributed by atoms with Gasteiger partial charge in [-0.25, -0.2) is 0 Å². The van der Waals surface area contributed by atoms with Crippen LogP contribution < -0.4 is 5.32 Å². The largest absolute Gasteiger partial charge is 0.299 e. The molecule has 1 aromatic carbocycles. The van der Waals surface area contributed by atoms with Crippen LogP contribution in [0.4, 0.5) is 0 Å². The van der Waals surface area contributed by atoms with E-state index < -0.39 is 0 Å². The molecule has 2 unspecified atom stereocenters. The van der Waals surface area contributed by atoms with Crippen molar-refractivity contribution < 1.29 is 0 Å². The van der Waals surface area contributed by atoms with Gasteiger partial charge in [-0.3, -0.25) is 10.3 Å². The maximum Gasteiger partial charge on any atom is 0.0812 e. The Morgan fingerprint density at radius 3 is 3.11 bits per heavy atom. The number of fused-ring (bicyclic) bond motifs is 1. The number of benzene rings is 1. The fraction of sp³-hybridized carbons (Fsp3) is 0.357. The summed E-state index contributed by atoms with van der Waals surface area (Å²) in [5.41, 5.74) is 2.40. The van der Waals surface area contributed by atoms with E-state index in [1.807, 2.05) is 24.0 Å². The van der Waals surface area contributed by atoms with Crippen LogP contribution in [0.1, 0.15) is 24.3 Å². The second-order valence-electron chi connectivity index (χ2n) is 4.64. The SMILES string of the molecule is CC1CCSC(c2ccc(Br)c3cccnc23)N1. The van der Waals surface area contributed by atoms with Gasteiger partial charge in [0.15, 0.2) is 0 Å². The average molecular weight is 323 g/mol. The number of hydrogen-bond donors (Lipinski definition) is 1. The summed E-state index contributed by atoms with van der Waals surface area (Å²) in [6.45, 7) is 2.25. The van der Waals surface area contributed by atoms with E-state index in [1.54, 1.807) is 0 Å². The zero-order valence-corrected chi connectivity index (χ0v) is 12.6. The van der Waals surface area contributed by atoms with Crippen molar-refractivity contribution in [3.05, 3.63) is 40.5 Å². The first-order valence-corrected chi connectivity index (χ1v) is 8.00. The standard InChI is InChI=1S/C14H15BrN2S/c1-9-6-8-18-14(17-9)11-4-5-12(15)10-3-2-7-16-13(10)11/h2-5,7,9,14,17H,6,8H2,1H3. The van der Waals surface area contributed by atoms with Crippen molar-refractivity contribution in [3.8, 4) is 0 Å². The molecule has 1 aliphatic heterocycles. The summed E-state index contributed by atoms with van der Waals surface area (Å²) in [6, 6.07) is 9.00. The maximum absolute atomic E-state index is 4.56. The van der Waals surface area contributed by atoms with Crippen molar-refractivity contribution in [2.24, 2.45) is 0 Å². The summed E-state index contributed by atoms with van der Waals surface area (Å²) in [6.07, 6.45) is 3.11. The minimum atomic E-state index is 0.360. The molecule has 1 saturated heterocycles. The minimum absolute atomic E-state index is 0.360. The summed E-state index contributed by atoms with van der Waals surface area (Å²) in [5, 5.41) is 5.20. The molecule has 0 amide bonds. The van der Waals surface area contributed by atoms with Gasteiger partial charge in [0, 0.05) is 27.7 Å². The first-order chi connectivity index (χ1) is 8.75. The second kappa shape index (κ2) is 5.19. The van der Waals surface area contributed by atoms with E-state index in [2.05, 4.69) is 51.4 Å². The molecule has 4 heteroatoms. The molecule has 1 N–H and O–H groups in total. The monoisotopic (exact) mass is 322 g/mol. The number of aromatic nitrogens is 1. The Kier molecular flexibility index (Phi) is 3.59. The van der Waals surface area contributed by atoms with Crippen LogP contribution in [-0.4, -0.2) is 16.8 Å². The highest BCUT2D eigenvalue weighted by Crippen LogP contribution is 2.36. The molecule has 3 rings (SSSR count). The lowest BCUT2D eigenvalue weighted by Crippen LogP contribution is -2.33. The van der Waals surface area contributed by atoms with Crippen molar-refractivity contribution in [2.75, 3.05) is 5.75 Å². The van der Waals surface area contributed by atoms with Gasteiger partial charge in [-0.05, 0) is 31.2 Å². The highest BCUT2D eigenvalue weighted by Gasteiger charge is 2.22. The molecule has 0 radical (unpaired) electrons. The molecule has 0 aliphatic carbocycles. The quantitative estimate of drug-likeness (QED) is 0.855. The van der Waals surface area contributed by atoms with Crippen LogP contribution in [0.3, 0.4) is 0 Å². The summed E-state index contributed by atoms with van der Waals surface area (Å²) >= 11 is 5.57. The first kappa shape index (κ1) is 12.5. The molecule has 2 heterocycles. The van der Waals surface area contributed by atoms with Gasteiger partial charge in [0.25, 0.3) is 0 Å². The molecule has 0 spiro atoms. The molecule has 0 bridgehead atoms. The van der Waals surface area contributed by atoms with Crippen LogP contribution in [0.15, 0.2) is 34.9 Å². The number of nitrogens with zero attached hydrogens (tertiary/aromatic N) is 1. The molecule has 1 aliphatic rings. The van der Waals surface area contributed by atoms with Crippen molar-refractivity contribution in [3.63, 3.8) is 0 Å². The van der Waals surface area contributed by atoms with Gasteiger partial charge < -0.3 is 0 Å². The van der Waals surface area contributed by atoms with E-state index in [0.29, 0.717) is 11.4 Å². The van der Waals surface area contributed by atoms with Crippen molar-refractivity contribution in [1.82, 2.24) is 10.3 Å². The van der Waals surface area contributed by atoms with Gasteiger partial charge in [0.1, 0.15) is 0 Å². The predicted octanol–water partition coefficient (Wildman–Crippen LogP) is 4.11. The van der Waals surface area contributed by atoms with Gasteiger partial charge in [-0.15, -0.1) is 11.8 Å². The Hall–Kier alpha value is -0.580. The predicted molar refractivity (Wildman–Crippen MR) is 81.9 cm³/mol. The van der Waals surface area contributed by atoms with Crippen LogP contribution in [0, 0.1) is 0 Å². The summed E-state index contributed by atoms with van der Waals surface area (Å²) in [4.78, 5) is 4.56. The number of halogens is 1. The Balaban J connectivity index is 2.09. The van der Waals surface area contributed by atoms with Crippen LogP contribution >= 0.6 is 27.7 Å². The zero-order valence-electron chi connectivity index (χ0n) is 10.2. The molecule has 2 atom stereocenters. The smallest absolute Gasteiger partial charge is 0.0812 e. The average Bonchev–Trinajstić information content (AvgIpc) is 2.39. The summed E-state index contributed by atoms with van der Waals surface area (Å²) < 4.78 is 1.11. The molecular formula is C14H15BrN2S. The van der Waals surface area contributed by atoms with E-state index in [-0.39, 0.29) is 0 Å². The Morgan fingerprint density at radius 2 is 2.28 bits per heavy atom. The lowest BCUT2D eigenvalue weighted by molar-refractivity contribution is 0.513. The van der Waals surface area contributed by atoms with Gasteiger partial charge in [0.2, 0.25) is 0 Å². The van der Waals surface area contributed by atoms with Crippen LogP contribution in [0.2, 0.25) is 0 Å². The lowest BCUT2D eigenvalue weighted by atomic mass is 10.1. The third-order valence-electron chi connectivity index (χ3n) is 3.30. The second-order valence-corrected chi connectivity index (χ2v) is 6.71. The third kappa shape index (κ3) is 2.29. The first-order valence-electron chi connectivity index (χ1n) is 6.16. The van der Waals surface area contributed by atoms with Gasteiger partial charge >= 0.3 is 0 Å². The third-order valence-corrected chi connectivity index (χ3v) is 5.19. The number of rotatable bonds is 1. The Labute approximate surface area is 120 Å². The minimum Gasteiger partial charge on any atom is -0.299 e. The number of pyridine rings is 1. The fourth-order valence-electron chi connectivity index (χ4n) is 2.30. The highest BCUT2D eigenvalue weighted by molar-refractivity contribution is 9.10. The van der Waals surface area contributed by atoms with E-state index in [4.69, 9.17) is 0 Å². The van der Waals surface area contributed by atoms with E-state index in [0.717, 1.165) is 9.99 Å². The van der Waals surface area contributed by atoms with Crippen LogP contribution in [0.5, 0.6) is 0 Å². The molecule has 1 aromatic heterocycles. The zero-order chi connectivity index (χ0) is 12.5. The van der Waals surface area contributed by atoms with Gasteiger partial charge in [-0.1, -0.05) is 28.1 Å². The van der Waals surface area contributed by atoms with Gasteiger partial charge in [-0.2, -0.15) is 0 Å². The number of hydrogen-bond acceptors (Lipinski definition) is 3. The van der Waals surface area contributed by atoms with E-state index in [1.165, 1.54) is 23.1 Å². The topological polar surface area (TPSA) is 24.9 Å². The molecule has 18 heavy (non-hydrogen) atoms. The molecular weight excluding hydrogens is 308 g/mol. The molecule has 94 valence electrons. The maximum atomic E-state index is 4.56. The molecule has 2 aromatic rings. The van der Waals surface area contributed by atoms with Gasteiger partial charge in [0.05, 0.1) is 10.9 Å². The summed E-state index contributed by atoms with van der Waals surface area (Å²) in [7, 11) is 0. The number of nitrogens with one attached hydrogen (secondary N) is 1. The Bertz CT molecular complexity index is 573. The van der Waals surface area contributed by atoms with E-state index in [9.17, 15) is 0 Å². The fourth-order valence-corrected chi connectivity index (χ4v) is 4.18. The van der Waals surface area contributed by atoms with Crippen molar-refractivity contribution in [1.29, 1.82) is 0 Å².